The molecule has 0 saturated heterocycles. The quantitative estimate of drug-likeness (QED) is 0.853. The smallest absolute Gasteiger partial charge is 0.204 e. The maximum atomic E-state index is 5.39. The predicted molar refractivity (Wildman–Crippen MR) is 75.6 cm³/mol. The molecule has 0 aromatic carbocycles. The molecule has 2 saturated carbocycles. The van der Waals surface area contributed by atoms with E-state index in [1.54, 1.807) is 13.4 Å². The SMILES string of the molecule is CNc1ncnc(NCC2CC3CCC2C3)c1OC. The Bertz CT molecular complexity index is 451. The summed E-state index contributed by atoms with van der Waals surface area (Å²) in [6, 6.07) is 0. The van der Waals surface area contributed by atoms with Crippen molar-refractivity contribution in [3.05, 3.63) is 6.33 Å². The molecule has 3 rings (SSSR count). The van der Waals surface area contributed by atoms with E-state index in [4.69, 9.17) is 4.74 Å². The van der Waals surface area contributed by atoms with E-state index in [-0.39, 0.29) is 0 Å². The Balaban J connectivity index is 1.66. The number of aromatic nitrogens is 2. The molecule has 0 amide bonds. The maximum absolute atomic E-state index is 5.39. The highest BCUT2D eigenvalue weighted by Crippen LogP contribution is 2.48. The van der Waals surface area contributed by atoms with Crippen LogP contribution in [0.1, 0.15) is 25.7 Å². The van der Waals surface area contributed by atoms with Crippen LogP contribution in [0, 0.1) is 17.8 Å². The summed E-state index contributed by atoms with van der Waals surface area (Å²) in [5, 5.41) is 6.48. The second-order valence-electron chi connectivity index (χ2n) is 5.67. The van der Waals surface area contributed by atoms with Gasteiger partial charge in [0.25, 0.3) is 0 Å². The molecular weight excluding hydrogens is 240 g/mol. The fraction of sp³-hybridized carbons (Fsp3) is 0.714. The summed E-state index contributed by atoms with van der Waals surface area (Å²) in [5.74, 6) is 4.94. The van der Waals surface area contributed by atoms with Crippen molar-refractivity contribution in [1.29, 1.82) is 0 Å². The molecule has 104 valence electrons. The molecule has 2 aliphatic carbocycles. The lowest BCUT2D eigenvalue weighted by atomic mass is 9.89. The van der Waals surface area contributed by atoms with Crippen molar-refractivity contribution >= 4 is 11.6 Å². The van der Waals surface area contributed by atoms with Crippen molar-refractivity contribution in [3.63, 3.8) is 0 Å². The number of rotatable bonds is 5. The molecule has 0 aliphatic heterocycles. The lowest BCUT2D eigenvalue weighted by Crippen LogP contribution is -2.21. The van der Waals surface area contributed by atoms with Gasteiger partial charge in [0.05, 0.1) is 7.11 Å². The van der Waals surface area contributed by atoms with E-state index in [1.165, 1.54) is 25.7 Å². The topological polar surface area (TPSA) is 59.1 Å². The van der Waals surface area contributed by atoms with E-state index in [0.29, 0.717) is 5.75 Å². The van der Waals surface area contributed by atoms with Crippen molar-refractivity contribution in [3.8, 4) is 5.75 Å². The summed E-state index contributed by atoms with van der Waals surface area (Å²) in [6.45, 7) is 0.998. The summed E-state index contributed by atoms with van der Waals surface area (Å²) < 4.78 is 5.39. The van der Waals surface area contributed by atoms with E-state index in [1.807, 2.05) is 7.05 Å². The number of anilines is 2. The molecule has 2 N–H and O–H groups in total. The van der Waals surface area contributed by atoms with Gasteiger partial charge in [0.15, 0.2) is 11.6 Å². The average molecular weight is 262 g/mol. The summed E-state index contributed by atoms with van der Waals surface area (Å²) in [6.07, 6.45) is 7.25. The van der Waals surface area contributed by atoms with E-state index in [0.717, 1.165) is 35.9 Å². The highest BCUT2D eigenvalue weighted by atomic mass is 16.5. The minimum atomic E-state index is 0.702. The van der Waals surface area contributed by atoms with Crippen LogP contribution in [0.3, 0.4) is 0 Å². The Morgan fingerprint density at radius 1 is 1.26 bits per heavy atom. The molecule has 3 atom stereocenters. The van der Waals surface area contributed by atoms with E-state index < -0.39 is 0 Å². The zero-order valence-electron chi connectivity index (χ0n) is 11.6. The van der Waals surface area contributed by atoms with Gasteiger partial charge < -0.3 is 15.4 Å². The number of fused-ring (bicyclic) bond motifs is 2. The van der Waals surface area contributed by atoms with E-state index in [9.17, 15) is 0 Å². The molecule has 5 heteroatoms. The molecule has 2 fully saturated rings. The fourth-order valence-corrected chi connectivity index (χ4v) is 3.73. The van der Waals surface area contributed by atoms with Crippen molar-refractivity contribution < 1.29 is 4.74 Å². The average Bonchev–Trinajstić information content (AvgIpc) is 3.06. The molecule has 3 unspecified atom stereocenters. The number of methoxy groups -OCH3 is 1. The standard InChI is InChI=1S/C14H22N4O/c1-15-13-12(19-2)14(18-8-17-13)16-7-11-6-9-3-4-10(11)5-9/h8-11H,3-7H2,1-2H3,(H2,15,16,17,18). The van der Waals surface area contributed by atoms with Crippen molar-refractivity contribution in [1.82, 2.24) is 9.97 Å². The normalized spacial score (nSPS) is 28.4. The van der Waals surface area contributed by atoms with Crippen molar-refractivity contribution in [2.45, 2.75) is 25.7 Å². The first-order valence-electron chi connectivity index (χ1n) is 7.12. The lowest BCUT2D eigenvalue weighted by molar-refractivity contribution is 0.347. The Morgan fingerprint density at radius 3 is 2.74 bits per heavy atom. The summed E-state index contributed by atoms with van der Waals surface area (Å²) in [4.78, 5) is 8.45. The van der Waals surface area contributed by atoms with Gasteiger partial charge in [0.1, 0.15) is 6.33 Å². The van der Waals surface area contributed by atoms with Gasteiger partial charge in [-0.15, -0.1) is 0 Å². The zero-order valence-corrected chi connectivity index (χ0v) is 11.6. The minimum absolute atomic E-state index is 0.702. The van der Waals surface area contributed by atoms with E-state index in [2.05, 4.69) is 20.6 Å². The van der Waals surface area contributed by atoms with Gasteiger partial charge in [-0.1, -0.05) is 6.42 Å². The number of hydrogen-bond donors (Lipinski definition) is 2. The molecule has 1 heterocycles. The monoisotopic (exact) mass is 262 g/mol. The van der Waals surface area contributed by atoms with Gasteiger partial charge in [-0.05, 0) is 37.0 Å². The summed E-state index contributed by atoms with van der Waals surface area (Å²) in [7, 11) is 3.49. The number of nitrogens with zero attached hydrogens (tertiary/aromatic N) is 2. The number of nitrogens with one attached hydrogen (secondary N) is 2. The van der Waals surface area contributed by atoms with Crippen LogP contribution >= 0.6 is 0 Å². The minimum Gasteiger partial charge on any atom is -0.490 e. The Kier molecular flexibility index (Phi) is 3.44. The molecule has 0 spiro atoms. The van der Waals surface area contributed by atoms with Crippen molar-refractivity contribution in [2.24, 2.45) is 17.8 Å². The van der Waals surface area contributed by atoms with Crippen LogP contribution < -0.4 is 15.4 Å². The second-order valence-corrected chi connectivity index (χ2v) is 5.67. The molecule has 19 heavy (non-hydrogen) atoms. The van der Waals surface area contributed by atoms with E-state index >= 15 is 0 Å². The Morgan fingerprint density at radius 2 is 2.11 bits per heavy atom. The second kappa shape index (κ2) is 5.23. The van der Waals surface area contributed by atoms with Crippen LogP contribution in [0.2, 0.25) is 0 Å². The van der Waals surface area contributed by atoms with Gasteiger partial charge in [0.2, 0.25) is 5.75 Å². The molecule has 2 aliphatic rings. The van der Waals surface area contributed by atoms with Crippen LogP contribution in [0.4, 0.5) is 11.6 Å². The zero-order chi connectivity index (χ0) is 13.2. The predicted octanol–water partition coefficient (Wildman–Crippen LogP) is 2.38. The molecule has 1 aromatic rings. The number of ether oxygens (including phenoxy) is 1. The summed E-state index contributed by atoms with van der Waals surface area (Å²) in [5.41, 5.74) is 0. The van der Waals surface area contributed by atoms with Gasteiger partial charge >= 0.3 is 0 Å². The van der Waals surface area contributed by atoms with Crippen LogP contribution in [0.25, 0.3) is 0 Å². The number of hydrogen-bond acceptors (Lipinski definition) is 5. The summed E-state index contributed by atoms with van der Waals surface area (Å²) >= 11 is 0. The van der Waals surface area contributed by atoms with Gasteiger partial charge in [-0.25, -0.2) is 9.97 Å². The first kappa shape index (κ1) is 12.5. The molecular formula is C14H22N4O. The molecule has 2 bridgehead atoms. The maximum Gasteiger partial charge on any atom is 0.204 e. The van der Waals surface area contributed by atoms with Crippen molar-refractivity contribution in [2.75, 3.05) is 31.3 Å². The van der Waals surface area contributed by atoms with Gasteiger partial charge in [0, 0.05) is 13.6 Å². The third kappa shape index (κ3) is 2.33. The molecule has 0 radical (unpaired) electrons. The Hall–Kier alpha value is -1.52. The molecule has 1 aromatic heterocycles. The highest BCUT2D eigenvalue weighted by molar-refractivity contribution is 5.63. The third-order valence-electron chi connectivity index (χ3n) is 4.66. The lowest BCUT2D eigenvalue weighted by Gasteiger charge is -2.22. The highest BCUT2D eigenvalue weighted by Gasteiger charge is 2.39. The van der Waals surface area contributed by atoms with Crippen LogP contribution in [-0.2, 0) is 0 Å². The van der Waals surface area contributed by atoms with Gasteiger partial charge in [-0.2, -0.15) is 0 Å². The third-order valence-corrected chi connectivity index (χ3v) is 4.66. The van der Waals surface area contributed by atoms with Gasteiger partial charge in [-0.3, -0.25) is 0 Å². The first-order chi connectivity index (χ1) is 9.31. The van der Waals surface area contributed by atoms with Crippen LogP contribution in [0.5, 0.6) is 5.75 Å². The fourth-order valence-electron chi connectivity index (χ4n) is 3.73. The molecule has 5 nitrogen and oxygen atoms in total. The first-order valence-corrected chi connectivity index (χ1v) is 7.12. The van der Waals surface area contributed by atoms with Crippen LogP contribution in [-0.4, -0.2) is 30.7 Å². The van der Waals surface area contributed by atoms with Crippen LogP contribution in [0.15, 0.2) is 6.33 Å². The largest absolute Gasteiger partial charge is 0.490 e. The Labute approximate surface area is 114 Å².